The lowest BCUT2D eigenvalue weighted by Crippen LogP contribution is -2.36. The monoisotopic (exact) mass is 546 g/mol. The summed E-state index contributed by atoms with van der Waals surface area (Å²) in [5, 5.41) is 10.1. The molecule has 11 heteroatoms. The number of hydrogen-bond donors (Lipinski definition) is 0. The van der Waals surface area contributed by atoms with Crippen LogP contribution in [0.15, 0.2) is 53.1 Å². The second kappa shape index (κ2) is 12.0. The van der Waals surface area contributed by atoms with Crippen LogP contribution >= 0.6 is 11.3 Å². The van der Waals surface area contributed by atoms with Gasteiger partial charge in [0, 0.05) is 29.2 Å². The number of aromatic nitrogens is 2. The van der Waals surface area contributed by atoms with Gasteiger partial charge >= 0.3 is 11.9 Å². The summed E-state index contributed by atoms with van der Waals surface area (Å²) in [6.45, 7) is 5.45. The van der Waals surface area contributed by atoms with Crippen molar-refractivity contribution in [2.75, 3.05) is 44.9 Å². The minimum atomic E-state index is -0.416. The zero-order valence-electron chi connectivity index (χ0n) is 21.5. The number of carbonyl (C=O) groups excluding carboxylic acids is 1. The maximum atomic E-state index is 11.8. The second-order valence-electron chi connectivity index (χ2n) is 8.46. The Bertz CT molecular complexity index is 1480. The van der Waals surface area contributed by atoms with E-state index < -0.39 is 5.97 Å². The van der Waals surface area contributed by atoms with Crippen molar-refractivity contribution >= 4 is 23.0 Å². The summed E-state index contributed by atoms with van der Waals surface area (Å²) >= 11 is 1.25. The van der Waals surface area contributed by atoms with Gasteiger partial charge in [-0.3, -0.25) is 0 Å². The highest BCUT2D eigenvalue weighted by Crippen LogP contribution is 2.35. The SMILES string of the molecule is CCOc1cnc(-c2cc(-c3ccc(N4CCOCC4)cc3)nc(OCc3ccc(C(=O)OC)s3)c2C#N)o1. The van der Waals surface area contributed by atoms with Crippen molar-refractivity contribution in [1.29, 1.82) is 5.26 Å². The zero-order chi connectivity index (χ0) is 27.2. The molecule has 0 radical (unpaired) electrons. The molecule has 1 fully saturated rings. The third kappa shape index (κ3) is 5.87. The van der Waals surface area contributed by atoms with Gasteiger partial charge in [0.25, 0.3) is 0 Å². The number of esters is 1. The van der Waals surface area contributed by atoms with Gasteiger partial charge in [0.05, 0.1) is 38.2 Å². The molecule has 0 aliphatic carbocycles. The first kappa shape index (κ1) is 26.2. The van der Waals surface area contributed by atoms with Crippen LogP contribution < -0.4 is 14.4 Å². The molecule has 1 saturated heterocycles. The highest BCUT2D eigenvalue weighted by molar-refractivity contribution is 7.13. The van der Waals surface area contributed by atoms with Gasteiger partial charge in [0.15, 0.2) is 0 Å². The Morgan fingerprint density at radius 1 is 1.15 bits per heavy atom. The highest BCUT2D eigenvalue weighted by atomic mass is 32.1. The molecule has 1 aliphatic heterocycles. The van der Waals surface area contributed by atoms with Crippen molar-refractivity contribution in [3.05, 3.63) is 64.0 Å². The minimum Gasteiger partial charge on any atom is -0.471 e. The van der Waals surface area contributed by atoms with Gasteiger partial charge in [-0.25, -0.2) is 14.8 Å². The van der Waals surface area contributed by atoms with Crippen molar-refractivity contribution in [2.24, 2.45) is 0 Å². The molecule has 0 unspecified atom stereocenters. The molecular formula is C28H26N4O6S. The standard InChI is InChI=1S/C28H26N4O6S/c1-3-36-25-16-30-26(38-25)21-14-23(18-4-6-19(7-5-18)32-10-12-35-13-11-32)31-27(22(21)15-29)37-17-20-8-9-24(39-20)28(33)34-2/h4-9,14,16H,3,10-13,17H2,1-2H3. The van der Waals surface area contributed by atoms with Crippen LogP contribution in [-0.4, -0.2) is 56.0 Å². The molecule has 4 aromatic rings. The first-order valence-corrected chi connectivity index (χ1v) is 13.2. The molecule has 0 N–H and O–H groups in total. The quantitative estimate of drug-likeness (QED) is 0.267. The average Bonchev–Trinajstić information content (AvgIpc) is 3.66. The van der Waals surface area contributed by atoms with Gasteiger partial charge in [-0.15, -0.1) is 11.3 Å². The fraction of sp³-hybridized carbons (Fsp3) is 0.286. The van der Waals surface area contributed by atoms with E-state index in [9.17, 15) is 10.1 Å². The number of carbonyl (C=O) groups is 1. The summed E-state index contributed by atoms with van der Waals surface area (Å²) in [6.07, 6.45) is 1.47. The number of benzene rings is 1. The number of morpholine rings is 1. The third-order valence-electron chi connectivity index (χ3n) is 6.04. The summed E-state index contributed by atoms with van der Waals surface area (Å²) < 4.78 is 27.5. The number of nitriles is 1. The summed E-state index contributed by atoms with van der Waals surface area (Å²) in [6, 6.07) is 15.4. The van der Waals surface area contributed by atoms with Crippen LogP contribution in [0, 0.1) is 11.3 Å². The van der Waals surface area contributed by atoms with Crippen molar-refractivity contribution < 1.29 is 28.2 Å². The van der Waals surface area contributed by atoms with Crippen molar-refractivity contribution in [3.8, 4) is 40.6 Å². The Hall–Kier alpha value is -4.40. The van der Waals surface area contributed by atoms with E-state index in [4.69, 9.17) is 28.3 Å². The number of methoxy groups -OCH3 is 1. The molecule has 4 heterocycles. The van der Waals surface area contributed by atoms with Crippen LogP contribution in [0.4, 0.5) is 5.69 Å². The fourth-order valence-corrected chi connectivity index (χ4v) is 4.95. The van der Waals surface area contributed by atoms with Crippen molar-refractivity contribution in [2.45, 2.75) is 13.5 Å². The van der Waals surface area contributed by atoms with Gasteiger partial charge in [-0.05, 0) is 37.3 Å². The summed E-state index contributed by atoms with van der Waals surface area (Å²) in [4.78, 5) is 24.4. The van der Waals surface area contributed by atoms with E-state index in [1.165, 1.54) is 24.6 Å². The molecule has 0 bridgehead atoms. The number of oxazole rings is 1. The van der Waals surface area contributed by atoms with Gasteiger partial charge in [-0.1, -0.05) is 12.1 Å². The lowest BCUT2D eigenvalue weighted by molar-refractivity contribution is 0.0606. The van der Waals surface area contributed by atoms with Crippen LogP contribution in [0.2, 0.25) is 0 Å². The zero-order valence-corrected chi connectivity index (χ0v) is 22.3. The van der Waals surface area contributed by atoms with Gasteiger partial charge in [0.1, 0.15) is 29.3 Å². The average molecular weight is 547 g/mol. The largest absolute Gasteiger partial charge is 0.471 e. The minimum absolute atomic E-state index is 0.109. The van der Waals surface area contributed by atoms with Crippen LogP contribution in [-0.2, 0) is 16.1 Å². The van der Waals surface area contributed by atoms with E-state index in [0.29, 0.717) is 36.0 Å². The summed E-state index contributed by atoms with van der Waals surface area (Å²) in [7, 11) is 1.33. The number of nitrogens with zero attached hydrogens (tertiary/aromatic N) is 4. The van der Waals surface area contributed by atoms with Gasteiger partial charge in [-0.2, -0.15) is 5.26 Å². The van der Waals surface area contributed by atoms with E-state index in [2.05, 4.69) is 16.0 Å². The molecule has 0 atom stereocenters. The smallest absolute Gasteiger partial charge is 0.348 e. The normalized spacial score (nSPS) is 13.1. The van der Waals surface area contributed by atoms with Crippen LogP contribution in [0.5, 0.6) is 11.8 Å². The number of ether oxygens (including phenoxy) is 4. The lowest BCUT2D eigenvalue weighted by atomic mass is 10.0. The fourth-order valence-electron chi connectivity index (χ4n) is 4.11. The third-order valence-corrected chi connectivity index (χ3v) is 7.08. The Kier molecular flexibility index (Phi) is 8.05. The maximum Gasteiger partial charge on any atom is 0.348 e. The Morgan fingerprint density at radius 3 is 2.67 bits per heavy atom. The topological polar surface area (TPSA) is 120 Å². The van der Waals surface area contributed by atoms with E-state index in [0.717, 1.165) is 29.2 Å². The number of pyridine rings is 1. The Morgan fingerprint density at radius 2 is 1.95 bits per heavy atom. The van der Waals surface area contributed by atoms with E-state index in [1.807, 2.05) is 31.2 Å². The molecule has 0 amide bonds. The van der Waals surface area contributed by atoms with Crippen molar-refractivity contribution in [1.82, 2.24) is 9.97 Å². The molecule has 39 heavy (non-hydrogen) atoms. The van der Waals surface area contributed by atoms with E-state index in [1.54, 1.807) is 18.2 Å². The number of rotatable bonds is 9. The maximum absolute atomic E-state index is 11.8. The molecule has 3 aromatic heterocycles. The van der Waals surface area contributed by atoms with Crippen LogP contribution in [0.25, 0.3) is 22.7 Å². The summed E-state index contributed by atoms with van der Waals surface area (Å²) in [5.41, 5.74) is 3.13. The van der Waals surface area contributed by atoms with E-state index in [-0.39, 0.29) is 29.9 Å². The highest BCUT2D eigenvalue weighted by Gasteiger charge is 2.21. The van der Waals surface area contributed by atoms with E-state index >= 15 is 0 Å². The predicted molar refractivity (Wildman–Crippen MR) is 144 cm³/mol. The molecule has 5 rings (SSSR count). The Labute approximate surface area is 229 Å². The molecule has 1 aliphatic rings. The molecule has 200 valence electrons. The lowest BCUT2D eigenvalue weighted by Gasteiger charge is -2.28. The first-order chi connectivity index (χ1) is 19.1. The predicted octanol–water partition coefficient (Wildman–Crippen LogP) is 4.94. The summed E-state index contributed by atoms with van der Waals surface area (Å²) in [5.74, 6) is 0.186. The first-order valence-electron chi connectivity index (χ1n) is 12.4. The molecular weight excluding hydrogens is 520 g/mol. The van der Waals surface area contributed by atoms with Crippen molar-refractivity contribution in [3.63, 3.8) is 0 Å². The number of anilines is 1. The number of hydrogen-bond acceptors (Lipinski definition) is 11. The van der Waals surface area contributed by atoms with Crippen LogP contribution in [0.3, 0.4) is 0 Å². The molecule has 0 saturated carbocycles. The Balaban J connectivity index is 1.50. The number of thiophene rings is 1. The van der Waals surface area contributed by atoms with Gasteiger partial charge in [0.2, 0.25) is 11.8 Å². The molecule has 0 spiro atoms. The van der Waals surface area contributed by atoms with Gasteiger partial charge < -0.3 is 28.3 Å². The second-order valence-corrected chi connectivity index (χ2v) is 9.63. The van der Waals surface area contributed by atoms with Crippen LogP contribution in [0.1, 0.15) is 27.0 Å². The molecule has 10 nitrogen and oxygen atoms in total. The molecule has 1 aromatic carbocycles.